The van der Waals surface area contributed by atoms with Gasteiger partial charge in [-0.3, -0.25) is 5.10 Å². The van der Waals surface area contributed by atoms with Gasteiger partial charge in [-0.15, -0.1) is 0 Å². The number of hydrogen-bond acceptors (Lipinski definition) is 4. The molecule has 0 amide bonds. The first kappa shape index (κ1) is 9.36. The predicted molar refractivity (Wildman–Crippen MR) is 52.2 cm³/mol. The molecular formula is C7H5Cl2N5. The first-order valence-electron chi connectivity index (χ1n) is 3.74. The highest BCUT2D eigenvalue weighted by Gasteiger charge is 2.10. The summed E-state index contributed by atoms with van der Waals surface area (Å²) in [7, 11) is 0. The molecule has 0 bridgehead atoms. The van der Waals surface area contributed by atoms with E-state index in [0.717, 1.165) is 0 Å². The van der Waals surface area contributed by atoms with Gasteiger partial charge in [-0.05, 0) is 6.92 Å². The summed E-state index contributed by atoms with van der Waals surface area (Å²) in [6, 6.07) is 0. The van der Waals surface area contributed by atoms with E-state index >= 15 is 0 Å². The molecule has 0 unspecified atom stereocenters. The van der Waals surface area contributed by atoms with E-state index in [1.54, 1.807) is 6.92 Å². The number of rotatable bonds is 1. The highest BCUT2D eigenvalue weighted by atomic mass is 35.5. The van der Waals surface area contributed by atoms with Crippen LogP contribution in [0.25, 0.3) is 11.6 Å². The SMILES string of the molecule is Cc1c(Cl)nc(-c2ncn[nH]2)nc1Cl. The predicted octanol–water partition coefficient (Wildman–Crippen LogP) is 1.88. The van der Waals surface area contributed by atoms with Crippen molar-refractivity contribution in [2.75, 3.05) is 0 Å². The van der Waals surface area contributed by atoms with Crippen LogP contribution in [0.1, 0.15) is 5.56 Å². The Kier molecular flexibility index (Phi) is 2.35. The van der Waals surface area contributed by atoms with Crippen molar-refractivity contribution in [1.82, 2.24) is 25.1 Å². The number of nitrogens with zero attached hydrogens (tertiary/aromatic N) is 4. The van der Waals surface area contributed by atoms with Gasteiger partial charge in [0.15, 0.2) is 11.6 Å². The lowest BCUT2D eigenvalue weighted by Gasteiger charge is -2.01. The van der Waals surface area contributed by atoms with E-state index in [2.05, 4.69) is 25.1 Å². The highest BCUT2D eigenvalue weighted by Crippen LogP contribution is 2.22. The Bertz CT molecular complexity index is 430. The van der Waals surface area contributed by atoms with Crippen molar-refractivity contribution < 1.29 is 0 Å². The Morgan fingerprint density at radius 2 is 1.86 bits per heavy atom. The average Bonchev–Trinajstić information content (AvgIpc) is 2.66. The van der Waals surface area contributed by atoms with E-state index in [9.17, 15) is 0 Å². The molecule has 0 saturated heterocycles. The van der Waals surface area contributed by atoms with Crippen molar-refractivity contribution in [3.63, 3.8) is 0 Å². The van der Waals surface area contributed by atoms with Crippen molar-refractivity contribution in [2.24, 2.45) is 0 Å². The molecule has 0 atom stereocenters. The molecule has 0 aliphatic heterocycles. The molecule has 0 fully saturated rings. The molecule has 0 aromatic carbocycles. The van der Waals surface area contributed by atoms with E-state index < -0.39 is 0 Å². The lowest BCUT2D eigenvalue weighted by molar-refractivity contribution is 1.05. The Morgan fingerprint density at radius 1 is 1.21 bits per heavy atom. The van der Waals surface area contributed by atoms with Crippen LogP contribution in [-0.4, -0.2) is 25.1 Å². The second kappa shape index (κ2) is 3.51. The van der Waals surface area contributed by atoms with Crippen LogP contribution < -0.4 is 0 Å². The third-order valence-corrected chi connectivity index (χ3v) is 2.39. The van der Waals surface area contributed by atoms with E-state index in [-0.39, 0.29) is 0 Å². The third kappa shape index (κ3) is 1.56. The Balaban J connectivity index is 2.57. The average molecular weight is 230 g/mol. The summed E-state index contributed by atoms with van der Waals surface area (Å²) in [4.78, 5) is 11.9. The van der Waals surface area contributed by atoms with E-state index in [1.807, 2.05) is 0 Å². The van der Waals surface area contributed by atoms with Crippen LogP contribution in [0.4, 0.5) is 0 Å². The maximum absolute atomic E-state index is 5.84. The Hall–Kier alpha value is -1.20. The van der Waals surface area contributed by atoms with Gasteiger partial charge >= 0.3 is 0 Å². The lowest BCUT2D eigenvalue weighted by atomic mass is 10.4. The minimum absolute atomic E-state index is 0.316. The topological polar surface area (TPSA) is 67.3 Å². The molecular weight excluding hydrogens is 225 g/mol. The van der Waals surface area contributed by atoms with Crippen molar-refractivity contribution in [3.8, 4) is 11.6 Å². The van der Waals surface area contributed by atoms with Crippen molar-refractivity contribution in [2.45, 2.75) is 6.92 Å². The molecule has 7 heteroatoms. The number of aromatic nitrogens is 5. The summed E-state index contributed by atoms with van der Waals surface area (Å²) in [6.07, 6.45) is 1.36. The molecule has 72 valence electrons. The number of hydrogen-bond donors (Lipinski definition) is 1. The summed E-state index contributed by atoms with van der Waals surface area (Å²) >= 11 is 11.7. The second-order valence-corrected chi connectivity index (χ2v) is 3.30. The number of H-pyrrole nitrogens is 1. The molecule has 0 aliphatic carbocycles. The molecule has 1 N–H and O–H groups in total. The smallest absolute Gasteiger partial charge is 0.200 e. The molecule has 0 spiro atoms. The normalized spacial score (nSPS) is 10.5. The number of aromatic amines is 1. The first-order chi connectivity index (χ1) is 6.68. The molecule has 2 rings (SSSR count). The fourth-order valence-electron chi connectivity index (χ4n) is 0.883. The minimum atomic E-state index is 0.316. The maximum Gasteiger partial charge on any atom is 0.200 e. The van der Waals surface area contributed by atoms with Gasteiger partial charge < -0.3 is 0 Å². The molecule has 5 nitrogen and oxygen atoms in total. The van der Waals surface area contributed by atoms with Gasteiger partial charge in [0.05, 0.1) is 0 Å². The fourth-order valence-corrected chi connectivity index (χ4v) is 1.27. The fraction of sp³-hybridized carbons (Fsp3) is 0.143. The van der Waals surface area contributed by atoms with E-state index in [0.29, 0.717) is 27.5 Å². The maximum atomic E-state index is 5.84. The molecule has 2 heterocycles. The van der Waals surface area contributed by atoms with Crippen LogP contribution in [0.2, 0.25) is 10.3 Å². The van der Waals surface area contributed by atoms with Gasteiger partial charge in [0.1, 0.15) is 16.6 Å². The zero-order valence-electron chi connectivity index (χ0n) is 7.12. The molecule has 2 aromatic rings. The minimum Gasteiger partial charge on any atom is -0.257 e. The van der Waals surface area contributed by atoms with Crippen LogP contribution >= 0.6 is 23.2 Å². The zero-order chi connectivity index (χ0) is 10.1. The van der Waals surface area contributed by atoms with Gasteiger partial charge in [-0.1, -0.05) is 23.2 Å². The lowest BCUT2D eigenvalue weighted by Crippen LogP contribution is -1.95. The highest BCUT2D eigenvalue weighted by molar-refractivity contribution is 6.34. The summed E-state index contributed by atoms with van der Waals surface area (Å²) in [5.41, 5.74) is 0.650. The summed E-state index contributed by atoms with van der Waals surface area (Å²) in [5.74, 6) is 0.775. The van der Waals surface area contributed by atoms with Crippen LogP contribution in [-0.2, 0) is 0 Å². The molecule has 2 aromatic heterocycles. The van der Waals surface area contributed by atoms with Gasteiger partial charge in [0, 0.05) is 5.56 Å². The summed E-state index contributed by atoms with van der Waals surface area (Å²) in [6.45, 7) is 1.74. The number of nitrogens with one attached hydrogen (secondary N) is 1. The van der Waals surface area contributed by atoms with Crippen molar-refractivity contribution in [1.29, 1.82) is 0 Å². The first-order valence-corrected chi connectivity index (χ1v) is 4.49. The standard InChI is InChI=1S/C7H5Cl2N5/c1-3-4(8)12-7(13-5(3)9)6-10-2-11-14-6/h2H,1H3,(H,10,11,14). The second-order valence-electron chi connectivity index (χ2n) is 2.59. The molecule has 0 aliphatic rings. The van der Waals surface area contributed by atoms with Crippen molar-refractivity contribution in [3.05, 3.63) is 22.2 Å². The third-order valence-electron chi connectivity index (χ3n) is 1.65. The van der Waals surface area contributed by atoms with Crippen LogP contribution in [0.15, 0.2) is 6.33 Å². The zero-order valence-corrected chi connectivity index (χ0v) is 8.63. The van der Waals surface area contributed by atoms with Gasteiger partial charge in [0.25, 0.3) is 0 Å². The Morgan fingerprint density at radius 3 is 2.36 bits per heavy atom. The van der Waals surface area contributed by atoms with Crippen molar-refractivity contribution >= 4 is 23.2 Å². The largest absolute Gasteiger partial charge is 0.257 e. The van der Waals surface area contributed by atoms with E-state index in [4.69, 9.17) is 23.2 Å². The molecule has 0 saturated carbocycles. The van der Waals surface area contributed by atoms with E-state index in [1.165, 1.54) is 6.33 Å². The van der Waals surface area contributed by atoms with Gasteiger partial charge in [0.2, 0.25) is 0 Å². The Labute approximate surface area is 89.5 Å². The monoisotopic (exact) mass is 229 g/mol. The molecule has 14 heavy (non-hydrogen) atoms. The summed E-state index contributed by atoms with van der Waals surface area (Å²) in [5, 5.41) is 6.93. The van der Waals surface area contributed by atoms with Crippen LogP contribution in [0.3, 0.4) is 0 Å². The van der Waals surface area contributed by atoms with Crippen LogP contribution in [0.5, 0.6) is 0 Å². The summed E-state index contributed by atoms with van der Waals surface area (Å²) < 4.78 is 0. The quantitative estimate of drug-likeness (QED) is 0.759. The number of halogens is 2. The van der Waals surface area contributed by atoms with Crippen LogP contribution in [0, 0.1) is 6.92 Å². The van der Waals surface area contributed by atoms with Gasteiger partial charge in [-0.25, -0.2) is 15.0 Å². The molecule has 0 radical (unpaired) electrons. The van der Waals surface area contributed by atoms with Gasteiger partial charge in [-0.2, -0.15) is 5.10 Å².